The van der Waals surface area contributed by atoms with E-state index < -0.39 is 26.6 Å². The molecule has 1 aromatic carbocycles. The summed E-state index contributed by atoms with van der Waals surface area (Å²) in [7, 11) is -4.03. The van der Waals surface area contributed by atoms with E-state index in [0.717, 1.165) is 25.0 Å². The number of nitrogens with one attached hydrogen (secondary N) is 1. The SMILES string of the molecule is CCC(CC)C(Cl)CNS(=O)(=O)c1ccc(F)cc1F. The quantitative estimate of drug-likeness (QED) is 0.782. The molecule has 20 heavy (non-hydrogen) atoms. The van der Waals surface area contributed by atoms with Crippen molar-refractivity contribution in [3.8, 4) is 0 Å². The molecule has 0 aliphatic rings. The zero-order chi connectivity index (χ0) is 15.3. The fourth-order valence-electron chi connectivity index (χ4n) is 1.93. The van der Waals surface area contributed by atoms with Crippen LogP contribution in [0.25, 0.3) is 0 Å². The molecule has 0 amide bonds. The van der Waals surface area contributed by atoms with E-state index in [1.54, 1.807) is 0 Å². The van der Waals surface area contributed by atoms with Gasteiger partial charge in [-0.2, -0.15) is 0 Å². The Hall–Kier alpha value is -0.720. The van der Waals surface area contributed by atoms with Gasteiger partial charge < -0.3 is 0 Å². The number of hydrogen-bond acceptors (Lipinski definition) is 2. The van der Waals surface area contributed by atoms with Crippen LogP contribution in [0, 0.1) is 17.6 Å². The first-order valence-corrected chi connectivity index (χ1v) is 8.32. The number of halogens is 3. The van der Waals surface area contributed by atoms with Crippen molar-refractivity contribution in [2.24, 2.45) is 5.92 Å². The molecule has 0 radical (unpaired) electrons. The number of benzene rings is 1. The molecule has 0 spiro atoms. The third-order valence-corrected chi connectivity index (χ3v) is 5.18. The zero-order valence-corrected chi connectivity index (χ0v) is 12.9. The molecule has 1 aromatic rings. The smallest absolute Gasteiger partial charge is 0.210 e. The normalized spacial score (nSPS) is 13.7. The van der Waals surface area contributed by atoms with E-state index in [4.69, 9.17) is 11.6 Å². The lowest BCUT2D eigenvalue weighted by Gasteiger charge is -2.19. The van der Waals surface area contributed by atoms with Crippen LogP contribution in [0.1, 0.15) is 26.7 Å². The summed E-state index contributed by atoms with van der Waals surface area (Å²) in [6.45, 7) is 3.95. The molecule has 1 unspecified atom stereocenters. The molecular weight excluding hydrogens is 308 g/mol. The average molecular weight is 326 g/mol. The van der Waals surface area contributed by atoms with Gasteiger partial charge in [0.05, 0.1) is 0 Å². The van der Waals surface area contributed by atoms with Crippen molar-refractivity contribution in [2.45, 2.75) is 37.0 Å². The van der Waals surface area contributed by atoms with Gasteiger partial charge >= 0.3 is 0 Å². The summed E-state index contributed by atoms with van der Waals surface area (Å²) < 4.78 is 52.4. The molecule has 114 valence electrons. The van der Waals surface area contributed by atoms with Gasteiger partial charge in [-0.1, -0.05) is 26.7 Å². The maximum atomic E-state index is 13.5. The van der Waals surface area contributed by atoms with Crippen LogP contribution in [-0.2, 0) is 10.0 Å². The van der Waals surface area contributed by atoms with Crippen molar-refractivity contribution in [1.82, 2.24) is 4.72 Å². The Morgan fingerprint density at radius 1 is 1.25 bits per heavy atom. The molecule has 0 saturated heterocycles. The molecule has 0 aliphatic carbocycles. The Kier molecular flexibility index (Phi) is 6.36. The van der Waals surface area contributed by atoms with E-state index in [9.17, 15) is 17.2 Å². The van der Waals surface area contributed by atoms with Crippen molar-refractivity contribution in [2.75, 3.05) is 6.54 Å². The predicted molar refractivity (Wildman–Crippen MR) is 75.3 cm³/mol. The van der Waals surface area contributed by atoms with E-state index in [0.29, 0.717) is 6.07 Å². The highest BCUT2D eigenvalue weighted by molar-refractivity contribution is 7.89. The van der Waals surface area contributed by atoms with Crippen molar-refractivity contribution in [3.05, 3.63) is 29.8 Å². The van der Waals surface area contributed by atoms with Crippen LogP contribution in [0.2, 0.25) is 0 Å². The van der Waals surface area contributed by atoms with Crippen molar-refractivity contribution in [1.29, 1.82) is 0 Å². The first-order chi connectivity index (χ1) is 9.31. The van der Waals surface area contributed by atoms with Gasteiger partial charge in [-0.25, -0.2) is 21.9 Å². The second-order valence-corrected chi connectivity index (χ2v) is 6.82. The van der Waals surface area contributed by atoms with Crippen LogP contribution < -0.4 is 4.72 Å². The van der Waals surface area contributed by atoms with Gasteiger partial charge in [-0.3, -0.25) is 0 Å². The van der Waals surface area contributed by atoms with Crippen LogP contribution in [0.3, 0.4) is 0 Å². The van der Waals surface area contributed by atoms with Gasteiger partial charge in [-0.05, 0) is 18.1 Å². The van der Waals surface area contributed by atoms with Crippen LogP contribution in [0.15, 0.2) is 23.1 Å². The van der Waals surface area contributed by atoms with Gasteiger partial charge in [0.25, 0.3) is 0 Å². The molecular formula is C13H18ClF2NO2S. The zero-order valence-electron chi connectivity index (χ0n) is 11.4. The maximum Gasteiger partial charge on any atom is 0.243 e. The van der Waals surface area contributed by atoms with Gasteiger partial charge in [0, 0.05) is 18.0 Å². The lowest BCUT2D eigenvalue weighted by molar-refractivity contribution is 0.459. The second-order valence-electron chi connectivity index (χ2n) is 4.52. The summed E-state index contributed by atoms with van der Waals surface area (Å²) in [5, 5.41) is -0.372. The van der Waals surface area contributed by atoms with Crippen molar-refractivity contribution >= 4 is 21.6 Å². The largest absolute Gasteiger partial charge is 0.243 e. The standard InChI is InChI=1S/C13H18ClF2NO2S/c1-3-9(4-2)11(14)8-17-20(18,19)13-6-5-10(15)7-12(13)16/h5-7,9,11,17H,3-4,8H2,1-2H3. The third-order valence-electron chi connectivity index (χ3n) is 3.21. The Labute approximate surface area is 123 Å². The first-order valence-electron chi connectivity index (χ1n) is 6.40. The Balaban J connectivity index is 2.80. The molecule has 1 N–H and O–H groups in total. The number of alkyl halides is 1. The van der Waals surface area contributed by atoms with Gasteiger partial charge in [-0.15, -0.1) is 11.6 Å². The first kappa shape index (κ1) is 17.3. The van der Waals surface area contributed by atoms with Crippen LogP contribution in [0.4, 0.5) is 8.78 Å². The lowest BCUT2D eigenvalue weighted by atomic mass is 9.99. The minimum Gasteiger partial charge on any atom is -0.210 e. The molecule has 0 heterocycles. The highest BCUT2D eigenvalue weighted by atomic mass is 35.5. The predicted octanol–water partition coefficient (Wildman–Crippen LogP) is 3.29. The van der Waals surface area contributed by atoms with E-state index >= 15 is 0 Å². The van der Waals surface area contributed by atoms with Crippen LogP contribution in [0.5, 0.6) is 0 Å². The molecule has 0 saturated carbocycles. The molecule has 0 bridgehead atoms. The maximum absolute atomic E-state index is 13.5. The lowest BCUT2D eigenvalue weighted by Crippen LogP contribution is -2.33. The number of sulfonamides is 1. The van der Waals surface area contributed by atoms with Crippen LogP contribution >= 0.6 is 11.6 Å². The van der Waals surface area contributed by atoms with E-state index in [1.165, 1.54) is 0 Å². The molecule has 1 atom stereocenters. The summed E-state index contributed by atoms with van der Waals surface area (Å²) in [6, 6.07) is 2.33. The average Bonchev–Trinajstić information content (AvgIpc) is 2.37. The van der Waals surface area contributed by atoms with Crippen molar-refractivity contribution < 1.29 is 17.2 Å². The number of rotatable bonds is 7. The molecule has 0 fully saturated rings. The fourth-order valence-corrected chi connectivity index (χ4v) is 3.57. The number of hydrogen-bond donors (Lipinski definition) is 1. The second kappa shape index (κ2) is 7.33. The van der Waals surface area contributed by atoms with Crippen LogP contribution in [-0.4, -0.2) is 20.3 Å². The highest BCUT2D eigenvalue weighted by Crippen LogP contribution is 2.19. The molecule has 0 aliphatic heterocycles. The Morgan fingerprint density at radius 2 is 1.85 bits per heavy atom. The van der Waals surface area contributed by atoms with Gasteiger partial charge in [0.2, 0.25) is 10.0 Å². The molecule has 0 aromatic heterocycles. The minimum absolute atomic E-state index is 0.00700. The van der Waals surface area contributed by atoms with E-state index in [1.807, 2.05) is 13.8 Å². The topological polar surface area (TPSA) is 46.2 Å². The van der Waals surface area contributed by atoms with E-state index in [2.05, 4.69) is 4.72 Å². The fraction of sp³-hybridized carbons (Fsp3) is 0.538. The summed E-state index contributed by atoms with van der Waals surface area (Å²) in [4.78, 5) is -0.577. The minimum atomic E-state index is -4.03. The summed E-state index contributed by atoms with van der Waals surface area (Å²) in [5.41, 5.74) is 0. The summed E-state index contributed by atoms with van der Waals surface area (Å²) in [6.07, 6.45) is 1.66. The summed E-state index contributed by atoms with van der Waals surface area (Å²) >= 11 is 6.12. The van der Waals surface area contributed by atoms with Crippen molar-refractivity contribution in [3.63, 3.8) is 0 Å². The Bertz CT molecular complexity index is 547. The Morgan fingerprint density at radius 3 is 2.35 bits per heavy atom. The van der Waals surface area contributed by atoms with Gasteiger partial charge in [0.1, 0.15) is 16.5 Å². The monoisotopic (exact) mass is 325 g/mol. The molecule has 7 heteroatoms. The summed E-state index contributed by atoms with van der Waals surface area (Å²) in [5.74, 6) is -1.77. The third kappa shape index (κ3) is 4.40. The van der Waals surface area contributed by atoms with Gasteiger partial charge in [0.15, 0.2) is 0 Å². The highest BCUT2D eigenvalue weighted by Gasteiger charge is 2.22. The van der Waals surface area contributed by atoms with E-state index in [-0.39, 0.29) is 17.8 Å². The molecule has 3 nitrogen and oxygen atoms in total. The molecule has 1 rings (SSSR count).